The van der Waals surface area contributed by atoms with Gasteiger partial charge in [-0.15, -0.1) is 11.3 Å². The summed E-state index contributed by atoms with van der Waals surface area (Å²) in [6.07, 6.45) is 0. The lowest BCUT2D eigenvalue weighted by molar-refractivity contribution is 0.122. The van der Waals surface area contributed by atoms with Gasteiger partial charge in [0.2, 0.25) is 5.13 Å². The van der Waals surface area contributed by atoms with E-state index in [0.29, 0.717) is 0 Å². The van der Waals surface area contributed by atoms with Gasteiger partial charge in [-0.1, -0.05) is 42.5 Å². The van der Waals surface area contributed by atoms with Crippen LogP contribution in [0.3, 0.4) is 0 Å². The third-order valence-electron chi connectivity index (χ3n) is 4.49. The van der Waals surface area contributed by atoms with Crippen molar-refractivity contribution in [2.75, 3.05) is 31.2 Å². The van der Waals surface area contributed by atoms with Crippen LogP contribution in [0.15, 0.2) is 65.0 Å². The zero-order valence-electron chi connectivity index (χ0n) is 14.8. The number of hydrogen-bond donors (Lipinski definition) is 0. The molecule has 1 fully saturated rings. The van der Waals surface area contributed by atoms with Crippen molar-refractivity contribution >= 4 is 27.9 Å². The van der Waals surface area contributed by atoms with Crippen LogP contribution < -0.4 is 4.90 Å². The summed E-state index contributed by atoms with van der Waals surface area (Å²) in [4.78, 5) is 11.7. The molecule has 1 saturated heterocycles. The highest BCUT2D eigenvalue weighted by atomic mass is 32.1. The van der Waals surface area contributed by atoms with Gasteiger partial charge in [0.05, 0.1) is 18.9 Å². The van der Waals surface area contributed by atoms with Gasteiger partial charge in [0.1, 0.15) is 0 Å². The Bertz CT molecular complexity index is 881. The second kappa shape index (κ2) is 7.81. The monoisotopic (exact) mass is 363 g/mol. The lowest BCUT2D eigenvalue weighted by atomic mass is 10.1. The summed E-state index contributed by atoms with van der Waals surface area (Å²) in [6, 6.07) is 18.8. The Morgan fingerprint density at radius 3 is 2.50 bits per heavy atom. The van der Waals surface area contributed by atoms with E-state index in [1.54, 1.807) is 11.3 Å². The minimum atomic E-state index is 0.790. The van der Waals surface area contributed by atoms with Gasteiger partial charge in [0.15, 0.2) is 0 Å². The maximum absolute atomic E-state index is 5.42. The Labute approximate surface area is 157 Å². The lowest BCUT2D eigenvalue weighted by Gasteiger charge is -2.28. The van der Waals surface area contributed by atoms with E-state index in [1.807, 2.05) is 25.1 Å². The fraction of sp³-hybridized carbons (Fsp3) is 0.238. The fourth-order valence-corrected chi connectivity index (χ4v) is 3.75. The molecule has 0 N–H and O–H groups in total. The molecule has 0 bridgehead atoms. The minimum Gasteiger partial charge on any atom is -0.378 e. The van der Waals surface area contributed by atoms with Crippen molar-refractivity contribution in [3.8, 4) is 11.3 Å². The van der Waals surface area contributed by atoms with Crippen molar-refractivity contribution in [1.82, 2.24) is 4.98 Å². The molecule has 5 heteroatoms. The highest BCUT2D eigenvalue weighted by Gasteiger charge is 2.11. The number of ether oxygens (including phenoxy) is 1. The van der Waals surface area contributed by atoms with Gasteiger partial charge in [-0.25, -0.2) is 9.98 Å². The van der Waals surface area contributed by atoms with E-state index >= 15 is 0 Å². The van der Waals surface area contributed by atoms with E-state index in [1.165, 1.54) is 5.69 Å². The van der Waals surface area contributed by atoms with Crippen molar-refractivity contribution in [2.45, 2.75) is 6.92 Å². The smallest absolute Gasteiger partial charge is 0.209 e. The predicted octanol–water partition coefficient (Wildman–Crippen LogP) is 4.79. The first-order valence-electron chi connectivity index (χ1n) is 8.79. The van der Waals surface area contributed by atoms with E-state index in [0.717, 1.165) is 54.0 Å². The summed E-state index contributed by atoms with van der Waals surface area (Å²) in [6.45, 7) is 5.54. The highest BCUT2D eigenvalue weighted by molar-refractivity contribution is 7.13. The van der Waals surface area contributed by atoms with Crippen LogP contribution >= 0.6 is 11.3 Å². The first-order chi connectivity index (χ1) is 12.8. The van der Waals surface area contributed by atoms with Gasteiger partial charge in [-0.05, 0) is 24.6 Å². The molecule has 3 aromatic rings. The SMILES string of the molecule is CC(=Nc1nc(-c2ccccc2)cs1)c1ccc(N2CCOCC2)cc1. The summed E-state index contributed by atoms with van der Waals surface area (Å²) >= 11 is 1.57. The Morgan fingerprint density at radius 2 is 1.77 bits per heavy atom. The average molecular weight is 363 g/mol. The number of nitrogens with zero attached hydrogens (tertiary/aromatic N) is 3. The summed E-state index contributed by atoms with van der Waals surface area (Å²) < 4.78 is 5.42. The molecule has 0 saturated carbocycles. The average Bonchev–Trinajstić information content (AvgIpc) is 3.18. The topological polar surface area (TPSA) is 37.7 Å². The van der Waals surface area contributed by atoms with Crippen molar-refractivity contribution in [2.24, 2.45) is 4.99 Å². The minimum absolute atomic E-state index is 0.790. The predicted molar refractivity (Wildman–Crippen MR) is 109 cm³/mol. The van der Waals surface area contributed by atoms with Crippen LogP contribution in [0.25, 0.3) is 11.3 Å². The quantitative estimate of drug-likeness (QED) is 0.626. The van der Waals surface area contributed by atoms with Crippen molar-refractivity contribution < 1.29 is 4.74 Å². The molecule has 4 nitrogen and oxygen atoms in total. The molecule has 2 heterocycles. The Morgan fingerprint density at radius 1 is 1.04 bits per heavy atom. The molecule has 4 rings (SSSR count). The molecule has 26 heavy (non-hydrogen) atoms. The summed E-state index contributed by atoms with van der Waals surface area (Å²) in [5.41, 5.74) is 5.44. The van der Waals surface area contributed by atoms with Crippen LogP contribution in [0.4, 0.5) is 10.8 Å². The highest BCUT2D eigenvalue weighted by Crippen LogP contribution is 2.27. The maximum Gasteiger partial charge on any atom is 0.209 e. The van der Waals surface area contributed by atoms with Crippen molar-refractivity contribution in [3.63, 3.8) is 0 Å². The number of morpholine rings is 1. The first kappa shape index (κ1) is 16.9. The molecule has 0 radical (unpaired) electrons. The standard InChI is InChI=1S/C21H21N3OS/c1-16(17-7-9-19(10-8-17)24-11-13-25-14-12-24)22-21-23-20(15-26-21)18-5-3-2-4-6-18/h2-10,15H,11-14H2,1H3. The van der Waals surface area contributed by atoms with E-state index in [2.05, 4.69) is 51.7 Å². The van der Waals surface area contributed by atoms with Crippen LogP contribution in [0.5, 0.6) is 0 Å². The van der Waals surface area contributed by atoms with Crippen molar-refractivity contribution in [1.29, 1.82) is 0 Å². The second-order valence-electron chi connectivity index (χ2n) is 6.22. The molecule has 0 spiro atoms. The van der Waals surface area contributed by atoms with Gasteiger partial charge in [-0.3, -0.25) is 0 Å². The van der Waals surface area contributed by atoms with Gasteiger partial charge in [0, 0.05) is 35.4 Å². The maximum atomic E-state index is 5.42. The van der Waals surface area contributed by atoms with E-state index in [9.17, 15) is 0 Å². The molecule has 1 aromatic heterocycles. The molecular formula is C21H21N3OS. The molecule has 132 valence electrons. The Kier molecular flexibility index (Phi) is 5.09. The van der Waals surface area contributed by atoms with Gasteiger partial charge < -0.3 is 9.64 Å². The first-order valence-corrected chi connectivity index (χ1v) is 9.67. The third kappa shape index (κ3) is 3.84. The van der Waals surface area contributed by atoms with Gasteiger partial charge in [-0.2, -0.15) is 0 Å². The number of hydrogen-bond acceptors (Lipinski definition) is 5. The second-order valence-corrected chi connectivity index (χ2v) is 7.06. The number of aliphatic imine (C=N–C) groups is 1. The van der Waals surface area contributed by atoms with Crippen LogP contribution in [0.1, 0.15) is 12.5 Å². The molecule has 1 aliphatic heterocycles. The number of benzene rings is 2. The number of anilines is 1. The normalized spacial score (nSPS) is 15.3. The van der Waals surface area contributed by atoms with Crippen LogP contribution in [-0.4, -0.2) is 37.0 Å². The van der Waals surface area contributed by atoms with Crippen molar-refractivity contribution in [3.05, 3.63) is 65.5 Å². The Balaban J connectivity index is 1.50. The summed E-state index contributed by atoms with van der Waals surface area (Å²) in [5.74, 6) is 0. The number of thiazole rings is 1. The molecule has 1 aliphatic rings. The largest absolute Gasteiger partial charge is 0.378 e. The third-order valence-corrected chi connectivity index (χ3v) is 5.22. The van der Waals surface area contributed by atoms with E-state index < -0.39 is 0 Å². The molecule has 0 amide bonds. The summed E-state index contributed by atoms with van der Waals surface area (Å²) in [5, 5.41) is 2.85. The molecule has 2 aromatic carbocycles. The number of aromatic nitrogens is 1. The van der Waals surface area contributed by atoms with Crippen LogP contribution in [-0.2, 0) is 4.74 Å². The molecule has 0 unspecified atom stereocenters. The fourth-order valence-electron chi connectivity index (χ4n) is 3.00. The number of rotatable bonds is 4. The molecule has 0 atom stereocenters. The van der Waals surface area contributed by atoms with Gasteiger partial charge in [0.25, 0.3) is 0 Å². The zero-order valence-corrected chi connectivity index (χ0v) is 15.6. The lowest BCUT2D eigenvalue weighted by Crippen LogP contribution is -2.36. The van der Waals surface area contributed by atoms with Gasteiger partial charge >= 0.3 is 0 Å². The zero-order chi connectivity index (χ0) is 17.8. The van der Waals surface area contributed by atoms with Crippen LogP contribution in [0.2, 0.25) is 0 Å². The molecule has 0 aliphatic carbocycles. The molecular weight excluding hydrogens is 342 g/mol. The van der Waals surface area contributed by atoms with E-state index in [-0.39, 0.29) is 0 Å². The Hall–Kier alpha value is -2.50. The van der Waals surface area contributed by atoms with Crippen LogP contribution in [0, 0.1) is 0 Å². The van der Waals surface area contributed by atoms with E-state index in [4.69, 9.17) is 9.73 Å². The summed E-state index contributed by atoms with van der Waals surface area (Å²) in [7, 11) is 0.